The molecule has 12 aromatic rings. The predicted octanol–water partition coefficient (Wildman–Crippen LogP) is 17.2. The van der Waals surface area contributed by atoms with Crippen LogP contribution < -0.4 is 4.90 Å². The highest BCUT2D eigenvalue weighted by atomic mass is 32.1. The Hall–Kier alpha value is -7.04. The van der Waals surface area contributed by atoms with E-state index in [1.807, 2.05) is 22.7 Å². The fourth-order valence-electron chi connectivity index (χ4n) is 9.12. The van der Waals surface area contributed by atoms with Crippen molar-refractivity contribution in [1.82, 2.24) is 0 Å². The van der Waals surface area contributed by atoms with Crippen LogP contribution in [0.25, 0.3) is 95.3 Å². The van der Waals surface area contributed by atoms with Crippen LogP contribution in [-0.2, 0) is 0 Å². The molecule has 276 valence electrons. The molecule has 0 atom stereocenters. The highest BCUT2D eigenvalue weighted by molar-refractivity contribution is 7.27. The number of nitrogens with zero attached hydrogens (tertiary/aromatic N) is 1. The van der Waals surface area contributed by atoms with Gasteiger partial charge in [0.15, 0.2) is 0 Å². The summed E-state index contributed by atoms with van der Waals surface area (Å²) in [6.07, 6.45) is 0. The van der Waals surface area contributed by atoms with Crippen LogP contribution in [0.1, 0.15) is 0 Å². The number of rotatable bonds is 6. The molecule has 2 heterocycles. The SMILES string of the molecule is c1ccc(-c2cccc3c2sc2c(N(c4ccc(-c5ccc6c(c5)sc5ccccc56)cc4)c4ccc(-c5cccc6ccccc56)c5ccccc45)cccc23)cc1. The molecule has 59 heavy (non-hydrogen) atoms. The van der Waals surface area contributed by atoms with Crippen molar-refractivity contribution in [3.8, 4) is 33.4 Å². The van der Waals surface area contributed by atoms with Crippen LogP contribution in [0.5, 0.6) is 0 Å². The lowest BCUT2D eigenvalue weighted by Gasteiger charge is -2.28. The van der Waals surface area contributed by atoms with Crippen LogP contribution in [0.3, 0.4) is 0 Å². The van der Waals surface area contributed by atoms with Gasteiger partial charge in [-0.05, 0) is 85.9 Å². The van der Waals surface area contributed by atoms with Gasteiger partial charge in [-0.1, -0.05) is 176 Å². The molecule has 0 aliphatic heterocycles. The Morgan fingerprint density at radius 3 is 1.76 bits per heavy atom. The van der Waals surface area contributed by atoms with Crippen LogP contribution in [0.4, 0.5) is 17.1 Å². The first-order valence-electron chi connectivity index (χ1n) is 20.1. The Morgan fingerprint density at radius 1 is 0.288 bits per heavy atom. The third kappa shape index (κ3) is 5.58. The number of hydrogen-bond donors (Lipinski definition) is 0. The van der Waals surface area contributed by atoms with Gasteiger partial charge in [-0.15, -0.1) is 22.7 Å². The topological polar surface area (TPSA) is 3.24 Å². The van der Waals surface area contributed by atoms with E-state index < -0.39 is 0 Å². The summed E-state index contributed by atoms with van der Waals surface area (Å²) in [5.74, 6) is 0. The number of benzene rings is 10. The molecular formula is C56H35NS2. The van der Waals surface area contributed by atoms with Crippen molar-refractivity contribution in [2.45, 2.75) is 0 Å². The van der Waals surface area contributed by atoms with E-state index in [1.54, 1.807) is 0 Å². The molecule has 3 heteroatoms. The molecule has 2 aromatic heterocycles. The standard InChI is InChI=1S/C56H35NS2/c1-2-13-38(14-3-1)42-21-11-23-49-50-24-12-25-52(56(50)59-55(42)49)57(40-30-27-36(28-31-40)39-29-32-48-47-20-8-9-26-53(47)58-54(48)35-39)51-34-33-45(44-18-6-7-19-46(44)51)43-22-10-16-37-15-4-5-17-41(37)43/h1-35H. The van der Waals surface area contributed by atoms with Crippen LogP contribution in [0, 0.1) is 0 Å². The second-order valence-electron chi connectivity index (χ2n) is 15.2. The zero-order chi connectivity index (χ0) is 38.9. The van der Waals surface area contributed by atoms with Crippen LogP contribution in [-0.4, -0.2) is 0 Å². The second kappa shape index (κ2) is 13.8. The molecule has 0 saturated carbocycles. The molecule has 0 aliphatic rings. The van der Waals surface area contributed by atoms with Gasteiger partial charge in [0.05, 0.1) is 16.1 Å². The minimum Gasteiger partial charge on any atom is -0.308 e. The molecule has 0 saturated heterocycles. The van der Waals surface area contributed by atoms with E-state index in [9.17, 15) is 0 Å². The maximum absolute atomic E-state index is 2.49. The van der Waals surface area contributed by atoms with E-state index in [0.29, 0.717) is 0 Å². The first-order chi connectivity index (χ1) is 29.3. The van der Waals surface area contributed by atoms with Gasteiger partial charge in [-0.2, -0.15) is 0 Å². The normalized spacial score (nSPS) is 11.7. The smallest absolute Gasteiger partial charge is 0.0640 e. The number of fused-ring (bicyclic) bond motifs is 8. The Labute approximate surface area is 350 Å². The van der Waals surface area contributed by atoms with Crippen molar-refractivity contribution in [2.24, 2.45) is 0 Å². The summed E-state index contributed by atoms with van der Waals surface area (Å²) in [6.45, 7) is 0. The summed E-state index contributed by atoms with van der Waals surface area (Å²) < 4.78 is 5.23. The molecule has 0 spiro atoms. The van der Waals surface area contributed by atoms with Gasteiger partial charge in [0.2, 0.25) is 0 Å². The van der Waals surface area contributed by atoms with Crippen molar-refractivity contribution in [3.63, 3.8) is 0 Å². The first-order valence-corrected chi connectivity index (χ1v) is 21.7. The summed E-state index contributed by atoms with van der Waals surface area (Å²) >= 11 is 3.77. The molecule has 0 unspecified atom stereocenters. The van der Waals surface area contributed by atoms with E-state index in [2.05, 4.69) is 217 Å². The molecule has 1 nitrogen and oxygen atoms in total. The largest absolute Gasteiger partial charge is 0.308 e. The molecule has 0 N–H and O–H groups in total. The molecule has 10 aromatic carbocycles. The summed E-state index contributed by atoms with van der Waals surface area (Å²) in [7, 11) is 0. The molecule has 0 fully saturated rings. The molecular weight excluding hydrogens is 751 g/mol. The van der Waals surface area contributed by atoms with E-state index in [0.717, 1.165) is 11.4 Å². The summed E-state index contributed by atoms with van der Waals surface area (Å²) in [5.41, 5.74) is 10.9. The van der Waals surface area contributed by atoms with Gasteiger partial charge in [0, 0.05) is 46.7 Å². The van der Waals surface area contributed by atoms with E-state index in [4.69, 9.17) is 0 Å². The molecule has 0 radical (unpaired) electrons. The van der Waals surface area contributed by atoms with Crippen molar-refractivity contribution < 1.29 is 0 Å². The van der Waals surface area contributed by atoms with Gasteiger partial charge in [-0.3, -0.25) is 0 Å². The van der Waals surface area contributed by atoms with Gasteiger partial charge in [0.25, 0.3) is 0 Å². The van der Waals surface area contributed by atoms with Crippen LogP contribution >= 0.6 is 22.7 Å². The minimum atomic E-state index is 1.12. The second-order valence-corrected chi connectivity index (χ2v) is 17.3. The number of anilines is 3. The maximum atomic E-state index is 2.49. The Morgan fingerprint density at radius 2 is 0.898 bits per heavy atom. The quantitative estimate of drug-likeness (QED) is 0.162. The minimum absolute atomic E-state index is 1.12. The fourth-order valence-corrected chi connectivity index (χ4v) is 11.6. The van der Waals surface area contributed by atoms with Gasteiger partial charge in [0.1, 0.15) is 0 Å². The van der Waals surface area contributed by atoms with Crippen molar-refractivity contribution in [2.75, 3.05) is 4.90 Å². The molecule has 12 rings (SSSR count). The average molecular weight is 786 g/mol. The maximum Gasteiger partial charge on any atom is 0.0640 e. The highest BCUT2D eigenvalue weighted by Gasteiger charge is 2.22. The summed E-state index contributed by atoms with van der Waals surface area (Å²) in [4.78, 5) is 2.49. The summed E-state index contributed by atoms with van der Waals surface area (Å²) in [5, 5.41) is 10.2. The number of thiophene rings is 2. The van der Waals surface area contributed by atoms with E-state index in [-0.39, 0.29) is 0 Å². The Kier molecular flexibility index (Phi) is 7.97. The molecule has 0 amide bonds. The zero-order valence-corrected chi connectivity index (χ0v) is 33.6. The van der Waals surface area contributed by atoms with Crippen LogP contribution in [0.2, 0.25) is 0 Å². The van der Waals surface area contributed by atoms with Gasteiger partial charge >= 0.3 is 0 Å². The van der Waals surface area contributed by atoms with Gasteiger partial charge in [-0.25, -0.2) is 0 Å². The summed E-state index contributed by atoms with van der Waals surface area (Å²) in [6, 6.07) is 78.1. The van der Waals surface area contributed by atoms with Gasteiger partial charge < -0.3 is 4.90 Å². The lowest BCUT2D eigenvalue weighted by Crippen LogP contribution is -2.11. The lowest BCUT2D eigenvalue weighted by atomic mass is 9.93. The lowest BCUT2D eigenvalue weighted by molar-refractivity contribution is 1.32. The number of hydrogen-bond acceptors (Lipinski definition) is 3. The molecule has 0 aliphatic carbocycles. The highest BCUT2D eigenvalue weighted by Crippen LogP contribution is 2.49. The molecule has 0 bridgehead atoms. The third-order valence-electron chi connectivity index (χ3n) is 11.9. The van der Waals surface area contributed by atoms with Crippen molar-refractivity contribution in [3.05, 3.63) is 212 Å². The Bertz CT molecular complexity index is 3550. The Balaban J connectivity index is 1.07. The van der Waals surface area contributed by atoms with E-state index in [1.165, 1.54) is 101 Å². The van der Waals surface area contributed by atoms with Crippen LogP contribution in [0.15, 0.2) is 212 Å². The average Bonchev–Trinajstić information content (AvgIpc) is 3.88. The first kappa shape index (κ1) is 34.0. The van der Waals surface area contributed by atoms with Crippen molar-refractivity contribution in [1.29, 1.82) is 0 Å². The third-order valence-corrected chi connectivity index (χ3v) is 14.3. The van der Waals surface area contributed by atoms with Crippen molar-refractivity contribution >= 4 is 102 Å². The zero-order valence-electron chi connectivity index (χ0n) is 32.0. The monoisotopic (exact) mass is 785 g/mol. The van der Waals surface area contributed by atoms with E-state index >= 15 is 0 Å². The predicted molar refractivity (Wildman–Crippen MR) is 258 cm³/mol. The fraction of sp³-hybridized carbons (Fsp3) is 0.